The fourth-order valence-corrected chi connectivity index (χ4v) is 5.35. The monoisotopic (exact) mass is 536 g/mol. The fraction of sp³-hybridized carbons (Fsp3) is 0.355. The lowest BCUT2D eigenvalue weighted by Crippen LogP contribution is -2.53. The number of carbonyl (C=O) groups is 2. The van der Waals surface area contributed by atoms with Crippen LogP contribution in [0.3, 0.4) is 0 Å². The van der Waals surface area contributed by atoms with Crippen LogP contribution in [-0.2, 0) is 29.0 Å². The minimum Gasteiger partial charge on any atom is -0.352 e. The number of hydrogen-bond donors (Lipinski definition) is 1. The first-order valence-corrected chi connectivity index (χ1v) is 13.8. The van der Waals surface area contributed by atoms with Gasteiger partial charge in [0.2, 0.25) is 11.8 Å². The molecule has 1 saturated carbocycles. The van der Waals surface area contributed by atoms with Gasteiger partial charge in [-0.05, 0) is 48.6 Å². The maximum Gasteiger partial charge on any atom is 0.243 e. The van der Waals surface area contributed by atoms with Crippen molar-refractivity contribution >= 4 is 35.0 Å². The Kier molecular flexibility index (Phi) is 9.65. The number of rotatable bonds is 9. The number of benzene rings is 3. The molecule has 0 radical (unpaired) electrons. The zero-order chi connectivity index (χ0) is 26.2. The molecule has 1 aliphatic rings. The number of hydrogen-bond acceptors (Lipinski definition) is 2. The van der Waals surface area contributed by atoms with E-state index in [1.807, 2.05) is 61.5 Å². The summed E-state index contributed by atoms with van der Waals surface area (Å²) < 4.78 is 0. The predicted molar refractivity (Wildman–Crippen MR) is 151 cm³/mol. The average molecular weight is 538 g/mol. The number of amides is 2. The molecular formula is C31H34Cl2N2O2. The van der Waals surface area contributed by atoms with Gasteiger partial charge < -0.3 is 10.2 Å². The molecular weight excluding hydrogens is 503 g/mol. The van der Waals surface area contributed by atoms with E-state index in [0.29, 0.717) is 23.0 Å². The third-order valence-electron chi connectivity index (χ3n) is 7.00. The van der Waals surface area contributed by atoms with Gasteiger partial charge in [-0.1, -0.05) is 109 Å². The average Bonchev–Trinajstić information content (AvgIpc) is 2.89. The van der Waals surface area contributed by atoms with Gasteiger partial charge in [-0.3, -0.25) is 9.59 Å². The molecule has 6 heteroatoms. The first-order valence-electron chi connectivity index (χ1n) is 13.0. The molecule has 0 unspecified atom stereocenters. The molecule has 0 spiro atoms. The van der Waals surface area contributed by atoms with Crippen LogP contribution < -0.4 is 5.32 Å². The van der Waals surface area contributed by atoms with Crippen molar-refractivity contribution in [3.05, 3.63) is 105 Å². The maximum absolute atomic E-state index is 13.9. The summed E-state index contributed by atoms with van der Waals surface area (Å²) in [6.07, 6.45) is 6.00. The van der Waals surface area contributed by atoms with Crippen molar-refractivity contribution in [2.75, 3.05) is 0 Å². The van der Waals surface area contributed by atoms with Crippen LogP contribution in [0.4, 0.5) is 0 Å². The first-order chi connectivity index (χ1) is 17.9. The van der Waals surface area contributed by atoms with Gasteiger partial charge in [0, 0.05) is 19.0 Å². The quantitative estimate of drug-likeness (QED) is 0.322. The Bertz CT molecular complexity index is 1210. The summed E-state index contributed by atoms with van der Waals surface area (Å²) in [6, 6.07) is 22.8. The van der Waals surface area contributed by atoms with Crippen LogP contribution in [0.5, 0.6) is 0 Å². The number of carbonyl (C=O) groups excluding carboxylic acids is 2. The highest BCUT2D eigenvalue weighted by atomic mass is 35.5. The molecule has 0 bridgehead atoms. The molecule has 1 atom stereocenters. The molecule has 0 aliphatic heterocycles. The fourth-order valence-electron chi connectivity index (χ4n) is 5.03. The minimum atomic E-state index is -0.639. The second-order valence-electron chi connectivity index (χ2n) is 9.98. The van der Waals surface area contributed by atoms with Gasteiger partial charge in [-0.2, -0.15) is 0 Å². The van der Waals surface area contributed by atoms with Crippen molar-refractivity contribution in [2.45, 2.75) is 70.5 Å². The van der Waals surface area contributed by atoms with E-state index >= 15 is 0 Å². The lowest BCUT2D eigenvalue weighted by molar-refractivity contribution is -0.141. The van der Waals surface area contributed by atoms with Crippen molar-refractivity contribution in [3.63, 3.8) is 0 Å². The highest BCUT2D eigenvalue weighted by Gasteiger charge is 2.32. The molecule has 37 heavy (non-hydrogen) atoms. The van der Waals surface area contributed by atoms with E-state index in [9.17, 15) is 9.59 Å². The Labute approximate surface area is 230 Å². The summed E-state index contributed by atoms with van der Waals surface area (Å²) >= 11 is 12.3. The molecule has 2 amide bonds. The number of aryl methyl sites for hydroxylation is 1. The Balaban J connectivity index is 1.66. The van der Waals surface area contributed by atoms with Gasteiger partial charge in [0.15, 0.2) is 0 Å². The molecule has 1 N–H and O–H groups in total. The number of nitrogens with zero attached hydrogens (tertiary/aromatic N) is 1. The third kappa shape index (κ3) is 7.83. The van der Waals surface area contributed by atoms with E-state index in [-0.39, 0.29) is 24.3 Å². The predicted octanol–water partition coefficient (Wildman–Crippen LogP) is 6.93. The Hall–Kier alpha value is -2.82. The highest BCUT2D eigenvalue weighted by Crippen LogP contribution is 2.24. The van der Waals surface area contributed by atoms with Gasteiger partial charge in [-0.15, -0.1) is 0 Å². The smallest absolute Gasteiger partial charge is 0.243 e. The van der Waals surface area contributed by atoms with Crippen LogP contribution in [0.1, 0.15) is 54.4 Å². The molecule has 0 aromatic heterocycles. The topological polar surface area (TPSA) is 49.4 Å². The lowest BCUT2D eigenvalue weighted by Gasteiger charge is -2.33. The summed E-state index contributed by atoms with van der Waals surface area (Å²) in [7, 11) is 0. The first kappa shape index (κ1) is 27.2. The van der Waals surface area contributed by atoms with Gasteiger partial charge in [0.05, 0.1) is 16.5 Å². The molecule has 4 nitrogen and oxygen atoms in total. The zero-order valence-corrected chi connectivity index (χ0v) is 22.8. The van der Waals surface area contributed by atoms with Crippen molar-refractivity contribution in [2.24, 2.45) is 0 Å². The van der Waals surface area contributed by atoms with Gasteiger partial charge in [0.1, 0.15) is 6.04 Å². The molecule has 0 heterocycles. The van der Waals surface area contributed by atoms with Crippen molar-refractivity contribution in [1.82, 2.24) is 10.2 Å². The van der Waals surface area contributed by atoms with E-state index in [2.05, 4.69) is 11.4 Å². The van der Waals surface area contributed by atoms with Crippen molar-refractivity contribution in [3.8, 4) is 0 Å². The van der Waals surface area contributed by atoms with E-state index in [1.54, 1.807) is 17.0 Å². The van der Waals surface area contributed by atoms with Crippen molar-refractivity contribution < 1.29 is 9.59 Å². The second-order valence-corrected chi connectivity index (χ2v) is 10.8. The summed E-state index contributed by atoms with van der Waals surface area (Å²) in [5.41, 5.74) is 3.88. The SMILES string of the molecule is Cc1cccc(CN(C(=O)Cc2ccc(Cl)c(Cl)c2)[C@@H](Cc2ccccc2)C(=O)NC2CCCCC2)c1. The van der Waals surface area contributed by atoms with E-state index < -0.39 is 6.04 Å². The molecule has 3 aromatic rings. The molecule has 1 fully saturated rings. The summed E-state index contributed by atoms with van der Waals surface area (Å²) in [5.74, 6) is -0.217. The highest BCUT2D eigenvalue weighted by molar-refractivity contribution is 6.42. The van der Waals surface area contributed by atoms with Crippen LogP contribution >= 0.6 is 23.2 Å². The second kappa shape index (κ2) is 13.1. The van der Waals surface area contributed by atoms with Crippen LogP contribution in [0.2, 0.25) is 10.0 Å². The van der Waals surface area contributed by atoms with Crippen LogP contribution in [-0.4, -0.2) is 28.8 Å². The van der Waals surface area contributed by atoms with Crippen LogP contribution in [0, 0.1) is 6.92 Å². The van der Waals surface area contributed by atoms with Crippen molar-refractivity contribution in [1.29, 1.82) is 0 Å². The summed E-state index contributed by atoms with van der Waals surface area (Å²) in [5, 5.41) is 4.14. The Morgan fingerprint density at radius 2 is 1.59 bits per heavy atom. The van der Waals surface area contributed by atoms with Gasteiger partial charge >= 0.3 is 0 Å². The summed E-state index contributed by atoms with van der Waals surface area (Å²) in [4.78, 5) is 29.5. The molecule has 1 aliphatic carbocycles. The lowest BCUT2D eigenvalue weighted by atomic mass is 9.94. The van der Waals surface area contributed by atoms with E-state index in [4.69, 9.17) is 23.2 Å². The van der Waals surface area contributed by atoms with Gasteiger partial charge in [-0.25, -0.2) is 0 Å². The largest absolute Gasteiger partial charge is 0.352 e. The Morgan fingerprint density at radius 1 is 0.865 bits per heavy atom. The number of halogens is 2. The minimum absolute atomic E-state index is 0.0918. The van der Waals surface area contributed by atoms with E-state index in [1.165, 1.54) is 6.42 Å². The van der Waals surface area contributed by atoms with E-state index in [0.717, 1.165) is 47.9 Å². The third-order valence-corrected chi connectivity index (χ3v) is 7.74. The summed E-state index contributed by atoms with van der Waals surface area (Å²) in [6.45, 7) is 2.38. The molecule has 194 valence electrons. The maximum atomic E-state index is 13.9. The van der Waals surface area contributed by atoms with Crippen LogP contribution in [0.25, 0.3) is 0 Å². The molecule has 3 aromatic carbocycles. The zero-order valence-electron chi connectivity index (χ0n) is 21.3. The number of nitrogens with one attached hydrogen (secondary N) is 1. The molecule has 0 saturated heterocycles. The van der Waals surface area contributed by atoms with Crippen LogP contribution in [0.15, 0.2) is 72.8 Å². The van der Waals surface area contributed by atoms with Gasteiger partial charge in [0.25, 0.3) is 0 Å². The Morgan fingerprint density at radius 3 is 2.30 bits per heavy atom. The molecule has 4 rings (SSSR count). The standard InChI is InChI=1S/C31H34Cl2N2O2/c1-22-9-8-12-25(17-22)21-35(30(36)20-24-15-16-27(32)28(33)18-24)29(19-23-10-4-2-5-11-23)31(37)34-26-13-6-3-7-14-26/h2,4-5,8-12,15-18,26,29H,3,6-7,13-14,19-21H2,1H3,(H,34,37)/t29-/m0/s1. The normalized spacial score (nSPS) is 14.7.